The van der Waals surface area contributed by atoms with Gasteiger partial charge in [0.25, 0.3) is 5.92 Å². The van der Waals surface area contributed by atoms with E-state index in [0.29, 0.717) is 4.90 Å². The van der Waals surface area contributed by atoms with Gasteiger partial charge in [-0.1, -0.05) is 20.8 Å². The van der Waals surface area contributed by atoms with Crippen molar-refractivity contribution in [1.29, 1.82) is 0 Å². The Bertz CT molecular complexity index is 411. The zero-order chi connectivity index (χ0) is 17.9. The number of hydrogen-bond donors (Lipinski definition) is 0. The molecule has 0 spiro atoms. The average molecular weight is 323 g/mol. The lowest BCUT2D eigenvalue weighted by atomic mass is 9.87. The first-order valence-electron chi connectivity index (χ1n) is 7.07. The molecule has 0 radical (unpaired) electrons. The second-order valence-electron chi connectivity index (χ2n) is 7.26. The van der Waals surface area contributed by atoms with Crippen LogP contribution in [0.25, 0.3) is 0 Å². The molecule has 0 saturated carbocycles. The van der Waals surface area contributed by atoms with Crippen LogP contribution in [-0.2, 0) is 14.3 Å². The van der Waals surface area contributed by atoms with Gasteiger partial charge in [-0.2, -0.15) is 0 Å². The lowest BCUT2D eigenvalue weighted by Crippen LogP contribution is -2.53. The minimum atomic E-state index is -3.20. The molecule has 0 aliphatic carbocycles. The zero-order valence-corrected chi connectivity index (χ0v) is 14.6. The number of rotatable bonds is 4. The number of hydrogen-bond acceptors (Lipinski definition) is 4. The number of amides is 1. The van der Waals surface area contributed by atoms with E-state index in [2.05, 4.69) is 4.74 Å². The number of esters is 1. The van der Waals surface area contributed by atoms with Crippen molar-refractivity contribution in [2.24, 2.45) is 5.41 Å². The monoisotopic (exact) mass is 323 g/mol. The van der Waals surface area contributed by atoms with Crippen molar-refractivity contribution in [3.8, 4) is 0 Å². The van der Waals surface area contributed by atoms with Gasteiger partial charge >= 0.3 is 12.1 Å². The fourth-order valence-corrected chi connectivity index (χ4v) is 1.43. The molecule has 0 heterocycles. The Kier molecular flexibility index (Phi) is 6.36. The molecule has 0 aromatic heterocycles. The van der Waals surface area contributed by atoms with E-state index in [1.54, 1.807) is 20.8 Å². The lowest BCUT2D eigenvalue weighted by molar-refractivity contribution is -0.152. The highest BCUT2D eigenvalue weighted by atomic mass is 19.3. The molecule has 5 nitrogen and oxygen atoms in total. The van der Waals surface area contributed by atoms with Gasteiger partial charge in [-0.25, -0.2) is 18.4 Å². The standard InChI is InChI=1S/C15H27F2NO4/c1-10(11(19)21-8)18(12(20)22-14(5,6)7)9-15(16,17)13(2,3)4/h10H,9H2,1-8H3. The Balaban J connectivity index is 5.45. The second-order valence-corrected chi connectivity index (χ2v) is 7.26. The van der Waals surface area contributed by atoms with Gasteiger partial charge in [-0.15, -0.1) is 0 Å². The smallest absolute Gasteiger partial charge is 0.411 e. The molecule has 130 valence electrons. The topological polar surface area (TPSA) is 55.8 Å². The average Bonchev–Trinajstić information content (AvgIpc) is 2.30. The number of halogens is 2. The molecule has 0 fully saturated rings. The third-order valence-corrected chi connectivity index (χ3v) is 3.10. The molecule has 1 unspecified atom stereocenters. The Morgan fingerprint density at radius 1 is 1.09 bits per heavy atom. The van der Waals surface area contributed by atoms with E-state index in [9.17, 15) is 18.4 Å². The number of nitrogens with zero attached hydrogens (tertiary/aromatic N) is 1. The van der Waals surface area contributed by atoms with Crippen molar-refractivity contribution in [1.82, 2.24) is 4.90 Å². The van der Waals surface area contributed by atoms with Crippen molar-refractivity contribution in [3.05, 3.63) is 0 Å². The first kappa shape index (κ1) is 20.6. The predicted molar refractivity (Wildman–Crippen MR) is 78.8 cm³/mol. The van der Waals surface area contributed by atoms with E-state index < -0.39 is 41.6 Å². The summed E-state index contributed by atoms with van der Waals surface area (Å²) in [6.45, 7) is 9.35. The highest BCUT2D eigenvalue weighted by Crippen LogP contribution is 2.37. The summed E-state index contributed by atoms with van der Waals surface area (Å²) in [7, 11) is 1.13. The number of carbonyl (C=O) groups excluding carboxylic acids is 2. The fourth-order valence-electron chi connectivity index (χ4n) is 1.43. The molecular weight excluding hydrogens is 296 g/mol. The SMILES string of the molecule is COC(=O)C(C)N(CC(F)(F)C(C)(C)C)C(=O)OC(C)(C)C. The summed E-state index contributed by atoms with van der Waals surface area (Å²) in [4.78, 5) is 24.5. The van der Waals surface area contributed by atoms with Gasteiger partial charge in [-0.3, -0.25) is 4.90 Å². The summed E-state index contributed by atoms with van der Waals surface area (Å²) in [5.74, 6) is -3.98. The number of methoxy groups -OCH3 is 1. The van der Waals surface area contributed by atoms with Gasteiger partial charge in [0.05, 0.1) is 13.7 Å². The zero-order valence-electron chi connectivity index (χ0n) is 14.6. The molecule has 0 aromatic rings. The van der Waals surface area contributed by atoms with Crippen LogP contribution in [0.3, 0.4) is 0 Å². The number of ether oxygens (including phenoxy) is 2. The molecule has 0 aliphatic heterocycles. The van der Waals surface area contributed by atoms with Crippen LogP contribution in [0.4, 0.5) is 13.6 Å². The van der Waals surface area contributed by atoms with Crippen LogP contribution in [0.2, 0.25) is 0 Å². The molecular formula is C15H27F2NO4. The van der Waals surface area contributed by atoms with Crippen LogP contribution in [0, 0.1) is 5.41 Å². The van der Waals surface area contributed by atoms with Gasteiger partial charge in [0.2, 0.25) is 0 Å². The Labute approximate surface area is 130 Å². The Hall–Kier alpha value is -1.40. The number of alkyl halides is 2. The van der Waals surface area contributed by atoms with E-state index in [1.165, 1.54) is 27.7 Å². The van der Waals surface area contributed by atoms with Gasteiger partial charge in [0.15, 0.2) is 0 Å². The Morgan fingerprint density at radius 3 is 1.86 bits per heavy atom. The van der Waals surface area contributed by atoms with Crippen molar-refractivity contribution in [3.63, 3.8) is 0 Å². The van der Waals surface area contributed by atoms with Crippen molar-refractivity contribution in [2.45, 2.75) is 66.0 Å². The Morgan fingerprint density at radius 2 is 1.55 bits per heavy atom. The van der Waals surface area contributed by atoms with Gasteiger partial charge < -0.3 is 9.47 Å². The summed E-state index contributed by atoms with van der Waals surface area (Å²) in [5, 5.41) is 0. The molecule has 1 atom stereocenters. The van der Waals surface area contributed by atoms with Crippen LogP contribution >= 0.6 is 0 Å². The normalized spacial score (nSPS) is 14.3. The molecule has 0 N–H and O–H groups in total. The molecule has 0 rings (SSSR count). The maximum Gasteiger partial charge on any atom is 0.411 e. The summed E-state index contributed by atoms with van der Waals surface area (Å²) >= 11 is 0. The first-order valence-corrected chi connectivity index (χ1v) is 7.07. The summed E-state index contributed by atoms with van der Waals surface area (Å²) < 4.78 is 38.3. The second kappa shape index (κ2) is 6.79. The molecule has 0 bridgehead atoms. The van der Waals surface area contributed by atoms with E-state index in [1.807, 2.05) is 0 Å². The van der Waals surface area contributed by atoms with Crippen LogP contribution < -0.4 is 0 Å². The fraction of sp³-hybridized carbons (Fsp3) is 0.867. The van der Waals surface area contributed by atoms with Crippen molar-refractivity contribution in [2.75, 3.05) is 13.7 Å². The highest BCUT2D eigenvalue weighted by Gasteiger charge is 2.47. The van der Waals surface area contributed by atoms with Crippen LogP contribution in [0.5, 0.6) is 0 Å². The molecule has 0 aliphatic rings. The maximum atomic E-state index is 14.3. The van der Waals surface area contributed by atoms with Crippen LogP contribution in [0.1, 0.15) is 48.5 Å². The molecule has 0 saturated heterocycles. The minimum absolute atomic E-state index is 0.711. The summed E-state index contributed by atoms with van der Waals surface area (Å²) in [6, 6.07) is -1.17. The summed E-state index contributed by atoms with van der Waals surface area (Å²) in [5.41, 5.74) is -2.23. The van der Waals surface area contributed by atoms with E-state index >= 15 is 0 Å². The van der Waals surface area contributed by atoms with Crippen LogP contribution in [0.15, 0.2) is 0 Å². The summed E-state index contributed by atoms with van der Waals surface area (Å²) in [6.07, 6.45) is -0.977. The molecule has 1 amide bonds. The van der Waals surface area contributed by atoms with Crippen molar-refractivity contribution >= 4 is 12.1 Å². The predicted octanol–water partition coefficient (Wildman–Crippen LogP) is 3.47. The quantitative estimate of drug-likeness (QED) is 0.743. The number of carbonyl (C=O) groups is 2. The molecule has 22 heavy (non-hydrogen) atoms. The third kappa shape index (κ3) is 5.77. The van der Waals surface area contributed by atoms with Gasteiger partial charge in [0, 0.05) is 5.41 Å². The highest BCUT2D eigenvalue weighted by molar-refractivity contribution is 5.81. The first-order chi connectivity index (χ1) is 9.62. The molecule has 0 aromatic carbocycles. The van der Waals surface area contributed by atoms with Gasteiger partial charge in [0.1, 0.15) is 11.6 Å². The lowest BCUT2D eigenvalue weighted by Gasteiger charge is -2.37. The van der Waals surface area contributed by atoms with E-state index in [4.69, 9.17) is 4.74 Å². The largest absolute Gasteiger partial charge is 0.467 e. The third-order valence-electron chi connectivity index (χ3n) is 3.10. The van der Waals surface area contributed by atoms with E-state index in [-0.39, 0.29) is 0 Å². The molecule has 7 heteroatoms. The van der Waals surface area contributed by atoms with Crippen LogP contribution in [-0.4, -0.2) is 48.2 Å². The van der Waals surface area contributed by atoms with E-state index in [0.717, 1.165) is 7.11 Å². The minimum Gasteiger partial charge on any atom is -0.467 e. The van der Waals surface area contributed by atoms with Gasteiger partial charge in [-0.05, 0) is 27.7 Å². The van der Waals surface area contributed by atoms with Crippen molar-refractivity contribution < 1.29 is 27.8 Å². The maximum absolute atomic E-state index is 14.3.